The molecule has 0 aromatic carbocycles. The number of carbonyl (C=O) groups is 1. The lowest BCUT2D eigenvalue weighted by Crippen LogP contribution is -2.33. The van der Waals surface area contributed by atoms with Crippen molar-refractivity contribution in [2.45, 2.75) is 0 Å². The maximum absolute atomic E-state index is 11.1. The smallest absolute Gasteiger partial charge is 0.335 e. The van der Waals surface area contributed by atoms with E-state index in [-0.39, 0.29) is 6.03 Å². The summed E-state index contributed by atoms with van der Waals surface area (Å²) in [6, 6.07) is 1.35. The molecule has 1 aromatic heterocycles. The number of carbonyl (C=O) groups excluding carboxylic acids is 1. The largest absolute Gasteiger partial charge is 0.342 e. The first-order valence-corrected chi connectivity index (χ1v) is 3.69. The van der Waals surface area contributed by atoms with Gasteiger partial charge in [0, 0.05) is 19.3 Å². The molecule has 5 heteroatoms. The van der Waals surface area contributed by atoms with Gasteiger partial charge in [0.15, 0.2) is 0 Å². The Hall–Kier alpha value is -1.36. The Labute approximate surface area is 70.8 Å². The Balaban J connectivity index is 2.30. The van der Waals surface area contributed by atoms with E-state index in [9.17, 15) is 4.79 Å². The van der Waals surface area contributed by atoms with Crippen molar-refractivity contribution >= 4 is 6.03 Å². The Morgan fingerprint density at radius 1 is 1.67 bits per heavy atom. The van der Waals surface area contributed by atoms with Crippen LogP contribution in [0.2, 0.25) is 0 Å². The summed E-state index contributed by atoms with van der Waals surface area (Å²) in [5, 5.41) is 9.24. The lowest BCUT2D eigenvalue weighted by molar-refractivity contribution is 0.239. The van der Waals surface area contributed by atoms with Crippen molar-refractivity contribution in [3.05, 3.63) is 18.5 Å². The molecule has 0 aliphatic rings. The second kappa shape index (κ2) is 4.50. The van der Waals surface area contributed by atoms with E-state index in [0.717, 1.165) is 6.54 Å². The van der Waals surface area contributed by atoms with Crippen molar-refractivity contribution < 1.29 is 4.79 Å². The molecule has 0 saturated carbocycles. The lowest BCUT2D eigenvalue weighted by Gasteiger charge is -2.02. The summed E-state index contributed by atoms with van der Waals surface area (Å²) in [4.78, 5) is 11.1. The second-order valence-electron chi connectivity index (χ2n) is 2.22. The molecule has 0 aliphatic carbocycles. The maximum Gasteiger partial charge on any atom is 0.342 e. The minimum Gasteiger partial charge on any atom is -0.335 e. The molecule has 0 atom stereocenters. The van der Waals surface area contributed by atoms with Crippen molar-refractivity contribution in [2.24, 2.45) is 0 Å². The number of hydrogen-bond donors (Lipinski definition) is 2. The summed E-state index contributed by atoms with van der Waals surface area (Å²) in [7, 11) is 1.83. The zero-order chi connectivity index (χ0) is 8.81. The molecule has 0 bridgehead atoms. The van der Waals surface area contributed by atoms with Crippen LogP contribution < -0.4 is 10.6 Å². The highest BCUT2D eigenvalue weighted by Gasteiger charge is 2.00. The SMILES string of the molecule is CNCCNC(=O)n1cc[c]n1. The van der Waals surface area contributed by atoms with Crippen molar-refractivity contribution in [1.82, 2.24) is 20.4 Å². The van der Waals surface area contributed by atoms with Crippen LogP contribution in [0.25, 0.3) is 0 Å². The van der Waals surface area contributed by atoms with Crippen LogP contribution in [-0.2, 0) is 0 Å². The molecule has 5 nitrogen and oxygen atoms in total. The molecule has 0 spiro atoms. The van der Waals surface area contributed by atoms with Gasteiger partial charge >= 0.3 is 6.03 Å². The van der Waals surface area contributed by atoms with Crippen LogP contribution in [-0.4, -0.2) is 35.9 Å². The van der Waals surface area contributed by atoms with Crippen LogP contribution in [0.1, 0.15) is 0 Å². The number of hydrogen-bond acceptors (Lipinski definition) is 3. The third kappa shape index (κ3) is 2.35. The average Bonchev–Trinajstić information content (AvgIpc) is 2.56. The number of amides is 1. The highest BCUT2D eigenvalue weighted by Crippen LogP contribution is 1.81. The van der Waals surface area contributed by atoms with E-state index in [4.69, 9.17) is 0 Å². The molecule has 12 heavy (non-hydrogen) atoms. The van der Waals surface area contributed by atoms with Gasteiger partial charge in [0.05, 0.1) is 0 Å². The van der Waals surface area contributed by atoms with Gasteiger partial charge in [0.2, 0.25) is 0 Å². The fourth-order valence-electron chi connectivity index (χ4n) is 0.721. The molecule has 1 aromatic rings. The number of rotatable bonds is 3. The van der Waals surface area contributed by atoms with E-state index in [2.05, 4.69) is 21.9 Å². The van der Waals surface area contributed by atoms with Gasteiger partial charge in [-0.2, -0.15) is 9.78 Å². The molecule has 65 valence electrons. The number of nitrogens with one attached hydrogen (secondary N) is 2. The van der Waals surface area contributed by atoms with Crippen LogP contribution in [0.4, 0.5) is 4.79 Å². The standard InChI is InChI=1S/C7H11N4O/c1-8-4-5-9-7(12)11-6-2-3-10-11/h2,6,8H,4-5H2,1H3,(H,9,12). The van der Waals surface area contributed by atoms with Crippen molar-refractivity contribution in [1.29, 1.82) is 0 Å². The third-order valence-corrected chi connectivity index (χ3v) is 1.32. The van der Waals surface area contributed by atoms with Crippen molar-refractivity contribution in [3.8, 4) is 0 Å². The van der Waals surface area contributed by atoms with Gasteiger partial charge in [0.1, 0.15) is 6.20 Å². The molecule has 0 unspecified atom stereocenters. The Kier molecular flexibility index (Phi) is 3.28. The van der Waals surface area contributed by atoms with Gasteiger partial charge in [-0.25, -0.2) is 4.79 Å². The van der Waals surface area contributed by atoms with Gasteiger partial charge in [-0.15, -0.1) is 0 Å². The molecule has 1 amide bonds. The summed E-state index contributed by atoms with van der Waals surface area (Å²) in [6.07, 6.45) is 4.09. The van der Waals surface area contributed by atoms with E-state index in [1.165, 1.54) is 4.68 Å². The highest BCUT2D eigenvalue weighted by molar-refractivity contribution is 5.75. The summed E-state index contributed by atoms with van der Waals surface area (Å²) < 4.78 is 1.20. The average molecular weight is 167 g/mol. The van der Waals surface area contributed by atoms with E-state index < -0.39 is 0 Å². The maximum atomic E-state index is 11.1. The van der Waals surface area contributed by atoms with Crippen LogP contribution in [0.5, 0.6) is 0 Å². The molecule has 2 N–H and O–H groups in total. The minimum atomic E-state index is -0.230. The summed E-state index contributed by atoms with van der Waals surface area (Å²) in [5.41, 5.74) is 0. The van der Waals surface area contributed by atoms with Crippen LogP contribution >= 0.6 is 0 Å². The number of likely N-dealkylation sites (N-methyl/N-ethyl adjacent to an activating group) is 1. The summed E-state index contributed by atoms with van der Waals surface area (Å²) in [6.45, 7) is 1.34. The monoisotopic (exact) mass is 167 g/mol. The second-order valence-corrected chi connectivity index (χ2v) is 2.22. The summed E-state index contributed by atoms with van der Waals surface area (Å²) >= 11 is 0. The van der Waals surface area contributed by atoms with Gasteiger partial charge in [-0.1, -0.05) is 0 Å². The first-order valence-electron chi connectivity index (χ1n) is 3.69. The molecular weight excluding hydrogens is 156 g/mol. The van der Waals surface area contributed by atoms with E-state index in [0.29, 0.717) is 6.54 Å². The Morgan fingerprint density at radius 3 is 3.08 bits per heavy atom. The zero-order valence-corrected chi connectivity index (χ0v) is 6.87. The van der Waals surface area contributed by atoms with Crippen LogP contribution in [0, 0.1) is 6.20 Å². The topological polar surface area (TPSA) is 58.9 Å². The van der Waals surface area contributed by atoms with E-state index >= 15 is 0 Å². The van der Waals surface area contributed by atoms with Crippen molar-refractivity contribution in [2.75, 3.05) is 20.1 Å². The minimum absolute atomic E-state index is 0.230. The first-order chi connectivity index (χ1) is 5.84. The van der Waals surface area contributed by atoms with Crippen LogP contribution in [0.3, 0.4) is 0 Å². The van der Waals surface area contributed by atoms with Gasteiger partial charge in [-0.3, -0.25) is 0 Å². The normalized spacial score (nSPS) is 9.75. The fourth-order valence-corrected chi connectivity index (χ4v) is 0.721. The van der Waals surface area contributed by atoms with Crippen molar-refractivity contribution in [3.63, 3.8) is 0 Å². The highest BCUT2D eigenvalue weighted by atomic mass is 16.2. The first kappa shape index (κ1) is 8.73. The van der Waals surface area contributed by atoms with Gasteiger partial charge < -0.3 is 10.6 Å². The third-order valence-electron chi connectivity index (χ3n) is 1.32. The number of aromatic nitrogens is 2. The predicted molar refractivity (Wildman–Crippen MR) is 43.8 cm³/mol. The molecule has 0 saturated heterocycles. The Bertz CT molecular complexity index is 232. The molecule has 0 aliphatic heterocycles. The van der Waals surface area contributed by atoms with Gasteiger partial charge in [-0.05, 0) is 13.1 Å². The van der Waals surface area contributed by atoms with Crippen LogP contribution in [0.15, 0.2) is 12.3 Å². The van der Waals surface area contributed by atoms with Gasteiger partial charge in [0.25, 0.3) is 0 Å². The lowest BCUT2D eigenvalue weighted by atomic mass is 10.6. The molecule has 1 rings (SSSR count). The zero-order valence-electron chi connectivity index (χ0n) is 6.87. The fraction of sp³-hybridized carbons (Fsp3) is 0.429. The van der Waals surface area contributed by atoms with E-state index in [1.807, 2.05) is 7.05 Å². The predicted octanol–water partition coefficient (Wildman–Crippen LogP) is -0.540. The Morgan fingerprint density at radius 2 is 2.50 bits per heavy atom. The summed E-state index contributed by atoms with van der Waals surface area (Å²) in [5.74, 6) is 0. The molecular formula is C7H11N4O. The van der Waals surface area contributed by atoms with E-state index in [1.54, 1.807) is 12.3 Å². The molecule has 0 fully saturated rings. The molecule has 1 radical (unpaired) electrons. The molecule has 1 heterocycles. The quantitative estimate of drug-likeness (QED) is 0.594. The number of nitrogens with zero attached hydrogens (tertiary/aromatic N) is 2.